The molecule has 0 spiro atoms. The highest BCUT2D eigenvalue weighted by Gasteiger charge is 2.35. The number of thiophene rings is 1. The summed E-state index contributed by atoms with van der Waals surface area (Å²) in [4.78, 5) is 11.3. The van der Waals surface area contributed by atoms with E-state index in [4.69, 9.17) is 9.47 Å². The number of benzene rings is 1. The molecule has 0 bridgehead atoms. The Morgan fingerprint density at radius 1 is 1.31 bits per heavy atom. The second-order valence-corrected chi connectivity index (χ2v) is 7.07. The van der Waals surface area contributed by atoms with Crippen LogP contribution in [0.3, 0.4) is 0 Å². The maximum atomic E-state index is 14.5. The maximum Gasteiger partial charge on any atom is 0.282 e. The van der Waals surface area contributed by atoms with E-state index in [9.17, 15) is 23.2 Å². The number of ether oxygens (including phenoxy) is 2. The number of carbonyl (C=O) groups is 1. The molecule has 0 saturated heterocycles. The minimum absolute atomic E-state index is 0.000355. The average Bonchev–Trinajstić information content (AvgIpc) is 3.04. The van der Waals surface area contributed by atoms with Crippen molar-refractivity contribution in [1.29, 1.82) is 0 Å². The Labute approximate surface area is 152 Å². The van der Waals surface area contributed by atoms with Crippen molar-refractivity contribution in [2.75, 3.05) is 14.2 Å². The number of hydrogen-bond donors (Lipinski definition) is 1. The SMILES string of the molecule is COc1cc2sc(C(F)(F)CCC(=O)N(O)C(C)C)cc2c(F)c1OC. The van der Waals surface area contributed by atoms with E-state index in [1.54, 1.807) is 13.8 Å². The zero-order valence-corrected chi connectivity index (χ0v) is 15.6. The third kappa shape index (κ3) is 3.88. The van der Waals surface area contributed by atoms with Gasteiger partial charge in [-0.1, -0.05) is 0 Å². The smallest absolute Gasteiger partial charge is 0.282 e. The molecule has 0 radical (unpaired) electrons. The summed E-state index contributed by atoms with van der Waals surface area (Å²) in [6.45, 7) is 3.12. The van der Waals surface area contributed by atoms with Gasteiger partial charge in [0.25, 0.3) is 5.92 Å². The third-order valence-corrected chi connectivity index (χ3v) is 5.06. The number of halogens is 3. The van der Waals surface area contributed by atoms with Crippen LogP contribution in [0.25, 0.3) is 10.1 Å². The number of fused-ring (bicyclic) bond motifs is 1. The van der Waals surface area contributed by atoms with Gasteiger partial charge in [0.15, 0.2) is 17.3 Å². The Bertz CT molecular complexity index is 807. The summed E-state index contributed by atoms with van der Waals surface area (Å²) in [5.74, 6) is -4.97. The zero-order chi connectivity index (χ0) is 19.6. The minimum Gasteiger partial charge on any atom is -0.493 e. The number of hydroxylamine groups is 2. The van der Waals surface area contributed by atoms with Gasteiger partial charge in [-0.3, -0.25) is 10.0 Å². The largest absolute Gasteiger partial charge is 0.493 e. The highest BCUT2D eigenvalue weighted by Crippen LogP contribution is 2.44. The quantitative estimate of drug-likeness (QED) is 0.555. The molecule has 0 saturated carbocycles. The lowest BCUT2D eigenvalue weighted by Crippen LogP contribution is -2.34. The normalized spacial score (nSPS) is 11.9. The van der Waals surface area contributed by atoms with E-state index in [0.29, 0.717) is 5.06 Å². The van der Waals surface area contributed by atoms with Crippen molar-refractivity contribution in [3.8, 4) is 11.5 Å². The van der Waals surface area contributed by atoms with E-state index in [1.165, 1.54) is 20.3 Å². The van der Waals surface area contributed by atoms with Crippen molar-refractivity contribution in [2.45, 2.75) is 38.7 Å². The number of amides is 1. The summed E-state index contributed by atoms with van der Waals surface area (Å²) >= 11 is 0.721. The van der Waals surface area contributed by atoms with Gasteiger partial charge in [-0.05, 0) is 19.9 Å². The van der Waals surface area contributed by atoms with E-state index >= 15 is 0 Å². The Kier molecular flexibility index (Phi) is 6.02. The van der Waals surface area contributed by atoms with Crippen molar-refractivity contribution >= 4 is 27.3 Å². The van der Waals surface area contributed by atoms with Crippen LogP contribution in [0.5, 0.6) is 11.5 Å². The molecule has 0 aliphatic rings. The van der Waals surface area contributed by atoms with E-state index < -0.39 is 36.5 Å². The molecule has 2 aromatic rings. The molecule has 9 heteroatoms. The average molecular weight is 391 g/mol. The van der Waals surface area contributed by atoms with Crippen LogP contribution in [0, 0.1) is 5.82 Å². The van der Waals surface area contributed by atoms with Crippen LogP contribution < -0.4 is 9.47 Å². The Morgan fingerprint density at radius 2 is 1.96 bits per heavy atom. The fraction of sp³-hybridized carbons (Fsp3) is 0.471. The molecule has 1 aromatic heterocycles. The number of methoxy groups -OCH3 is 2. The van der Waals surface area contributed by atoms with Gasteiger partial charge in [-0.2, -0.15) is 0 Å². The second kappa shape index (κ2) is 7.71. The van der Waals surface area contributed by atoms with Gasteiger partial charge in [-0.15, -0.1) is 11.3 Å². The monoisotopic (exact) mass is 391 g/mol. The van der Waals surface area contributed by atoms with Gasteiger partial charge in [0, 0.05) is 29.0 Å². The van der Waals surface area contributed by atoms with Crippen LogP contribution in [0.2, 0.25) is 0 Å². The summed E-state index contributed by atoms with van der Waals surface area (Å²) in [5.41, 5.74) is 0. The molecule has 1 heterocycles. The standard InChI is InChI=1S/C17H20F3NO4S/c1-9(2)21(23)14(22)5-6-17(19,20)13-7-10-12(26-13)8-11(24-3)16(25-4)15(10)18/h7-9,23H,5-6H2,1-4H3. The molecule has 0 aliphatic heterocycles. The predicted octanol–water partition coefficient (Wildman–Crippen LogP) is 4.56. The molecule has 2 rings (SSSR count). The first-order valence-corrected chi connectivity index (χ1v) is 8.67. The second-order valence-electron chi connectivity index (χ2n) is 5.99. The molecule has 1 amide bonds. The summed E-state index contributed by atoms with van der Waals surface area (Å²) in [5, 5.41) is 9.92. The van der Waals surface area contributed by atoms with Crippen molar-refractivity contribution in [3.05, 3.63) is 22.8 Å². The van der Waals surface area contributed by atoms with Gasteiger partial charge in [0.05, 0.1) is 25.1 Å². The molecule has 1 aromatic carbocycles. The fourth-order valence-electron chi connectivity index (χ4n) is 2.41. The van der Waals surface area contributed by atoms with Crippen molar-refractivity contribution in [3.63, 3.8) is 0 Å². The molecule has 0 atom stereocenters. The Morgan fingerprint density at radius 3 is 2.50 bits per heavy atom. The number of nitrogens with zero attached hydrogens (tertiary/aromatic N) is 1. The highest BCUT2D eigenvalue weighted by atomic mass is 32.1. The lowest BCUT2D eigenvalue weighted by atomic mass is 10.1. The van der Waals surface area contributed by atoms with Crippen molar-refractivity contribution < 1.29 is 32.6 Å². The van der Waals surface area contributed by atoms with Crippen LogP contribution in [0.1, 0.15) is 31.6 Å². The molecule has 5 nitrogen and oxygen atoms in total. The molecular formula is C17H20F3NO4S. The van der Waals surface area contributed by atoms with Gasteiger partial charge >= 0.3 is 0 Å². The summed E-state index contributed by atoms with van der Waals surface area (Å²) in [6.07, 6.45) is -1.33. The molecule has 26 heavy (non-hydrogen) atoms. The zero-order valence-electron chi connectivity index (χ0n) is 14.8. The topological polar surface area (TPSA) is 59.0 Å². The van der Waals surface area contributed by atoms with E-state index in [-0.39, 0.29) is 26.5 Å². The molecular weight excluding hydrogens is 371 g/mol. The fourth-order valence-corrected chi connectivity index (χ4v) is 3.50. The summed E-state index contributed by atoms with van der Waals surface area (Å²) in [7, 11) is 2.59. The first-order chi connectivity index (χ1) is 12.1. The van der Waals surface area contributed by atoms with E-state index in [1.807, 2.05) is 0 Å². The van der Waals surface area contributed by atoms with Crippen LogP contribution in [0.15, 0.2) is 12.1 Å². The van der Waals surface area contributed by atoms with Crippen LogP contribution in [0.4, 0.5) is 13.2 Å². The van der Waals surface area contributed by atoms with Crippen LogP contribution >= 0.6 is 11.3 Å². The number of rotatable bonds is 7. The molecule has 0 aliphatic carbocycles. The number of carbonyl (C=O) groups excluding carboxylic acids is 1. The lowest BCUT2D eigenvalue weighted by molar-refractivity contribution is -0.174. The van der Waals surface area contributed by atoms with Crippen LogP contribution in [-0.4, -0.2) is 36.4 Å². The molecule has 0 fully saturated rings. The Balaban J connectivity index is 2.31. The lowest BCUT2D eigenvalue weighted by Gasteiger charge is -2.20. The van der Waals surface area contributed by atoms with Gasteiger partial charge in [0.2, 0.25) is 5.91 Å². The molecule has 0 unspecified atom stereocenters. The summed E-state index contributed by atoms with van der Waals surface area (Å²) in [6, 6.07) is 1.98. The number of alkyl halides is 2. The first kappa shape index (κ1) is 20.3. The first-order valence-electron chi connectivity index (χ1n) is 7.85. The molecule has 1 N–H and O–H groups in total. The predicted molar refractivity (Wildman–Crippen MR) is 91.8 cm³/mol. The highest BCUT2D eigenvalue weighted by molar-refractivity contribution is 7.19. The van der Waals surface area contributed by atoms with Crippen molar-refractivity contribution in [1.82, 2.24) is 5.06 Å². The van der Waals surface area contributed by atoms with Gasteiger partial charge in [-0.25, -0.2) is 18.2 Å². The van der Waals surface area contributed by atoms with Crippen LogP contribution in [-0.2, 0) is 10.7 Å². The Hall–Kier alpha value is -2.00. The minimum atomic E-state index is -3.34. The summed E-state index contributed by atoms with van der Waals surface area (Å²) < 4.78 is 53.7. The van der Waals surface area contributed by atoms with E-state index in [0.717, 1.165) is 17.4 Å². The van der Waals surface area contributed by atoms with Gasteiger partial charge < -0.3 is 9.47 Å². The van der Waals surface area contributed by atoms with Gasteiger partial charge in [0.1, 0.15) is 0 Å². The van der Waals surface area contributed by atoms with E-state index in [2.05, 4.69) is 0 Å². The number of hydrogen-bond acceptors (Lipinski definition) is 5. The molecule has 144 valence electrons. The third-order valence-electron chi connectivity index (χ3n) is 3.86. The maximum absolute atomic E-state index is 14.5. The van der Waals surface area contributed by atoms with Crippen molar-refractivity contribution in [2.24, 2.45) is 0 Å².